The van der Waals surface area contributed by atoms with Gasteiger partial charge in [-0.25, -0.2) is 0 Å². The maximum absolute atomic E-state index is 12.9. The number of nitrogens with zero attached hydrogens (tertiary/aromatic N) is 1. The quantitative estimate of drug-likeness (QED) is 0.0195. The molecular formula is C70H123NO8. The number of unbranched alkanes of at least 4 members (excludes halogenated alkanes) is 31. The topological polar surface area (TPSA) is 111 Å². The number of carboxylic acid groups (broad SMARTS) is 1. The molecule has 456 valence electrons. The summed E-state index contributed by atoms with van der Waals surface area (Å²) in [5, 5.41) is 11.8. The molecule has 9 heteroatoms. The van der Waals surface area contributed by atoms with E-state index < -0.39 is 24.3 Å². The zero-order valence-corrected chi connectivity index (χ0v) is 52.0. The SMILES string of the molecule is CC/C=C\C/C=C\C/C=C\C/C=C\C/C=C\C/C=C\CCCCCCCCCCCCCCCCC(=O)OC(COC(=O)CCCCCCCCCCC/C=C\CCCCCCCCCC)COC(OCC[N+](C)(C)C)C(=O)[O-]. The van der Waals surface area contributed by atoms with Gasteiger partial charge in [0, 0.05) is 12.8 Å². The maximum atomic E-state index is 12.9. The predicted octanol–water partition coefficient (Wildman–Crippen LogP) is 18.6. The third-order valence-corrected chi connectivity index (χ3v) is 14.1. The average Bonchev–Trinajstić information content (AvgIpc) is 3.42. The Labute approximate surface area is 487 Å². The number of quaternary nitrogens is 1. The van der Waals surface area contributed by atoms with Crippen LogP contribution in [0.1, 0.15) is 284 Å². The number of carbonyl (C=O) groups excluding carboxylic acids is 3. The number of aliphatic carboxylic acids is 1. The number of hydrogen-bond donors (Lipinski definition) is 0. The smallest absolute Gasteiger partial charge is 0.306 e. The minimum Gasteiger partial charge on any atom is -0.545 e. The molecule has 9 nitrogen and oxygen atoms in total. The molecule has 79 heavy (non-hydrogen) atoms. The van der Waals surface area contributed by atoms with Gasteiger partial charge in [0.2, 0.25) is 0 Å². The van der Waals surface area contributed by atoms with Gasteiger partial charge in [0.25, 0.3) is 0 Å². The van der Waals surface area contributed by atoms with Gasteiger partial charge < -0.3 is 33.3 Å². The molecule has 0 N–H and O–H groups in total. The van der Waals surface area contributed by atoms with E-state index >= 15 is 0 Å². The van der Waals surface area contributed by atoms with Gasteiger partial charge in [0.05, 0.1) is 40.3 Å². The Morgan fingerprint density at radius 1 is 0.392 bits per heavy atom. The molecular weight excluding hydrogens is 983 g/mol. The zero-order chi connectivity index (χ0) is 57.6. The molecule has 2 unspecified atom stereocenters. The zero-order valence-electron chi connectivity index (χ0n) is 52.0. The number of likely N-dealkylation sites (N-methyl/N-ethyl adjacent to an activating group) is 1. The Morgan fingerprint density at radius 3 is 1.09 bits per heavy atom. The highest BCUT2D eigenvalue weighted by atomic mass is 16.7. The highest BCUT2D eigenvalue weighted by Crippen LogP contribution is 2.17. The van der Waals surface area contributed by atoms with Crippen molar-refractivity contribution in [1.29, 1.82) is 0 Å². The number of hydrogen-bond acceptors (Lipinski definition) is 8. The number of carboxylic acids is 1. The fraction of sp³-hybridized carbons (Fsp3) is 0.757. The average molecular weight is 1110 g/mol. The summed E-state index contributed by atoms with van der Waals surface area (Å²) in [6.07, 6.45) is 77.9. The Hall–Kier alpha value is -3.53. The van der Waals surface area contributed by atoms with Crippen LogP contribution in [-0.4, -0.2) is 82.3 Å². The Bertz CT molecular complexity index is 1570. The molecule has 0 aliphatic carbocycles. The third kappa shape index (κ3) is 61.9. The van der Waals surface area contributed by atoms with E-state index in [1.54, 1.807) is 0 Å². The molecule has 0 aromatic rings. The van der Waals surface area contributed by atoms with Crippen molar-refractivity contribution in [3.05, 3.63) is 85.1 Å². The highest BCUT2D eigenvalue weighted by Gasteiger charge is 2.22. The molecule has 0 aliphatic rings. The maximum Gasteiger partial charge on any atom is 0.306 e. The van der Waals surface area contributed by atoms with E-state index in [0.29, 0.717) is 17.4 Å². The summed E-state index contributed by atoms with van der Waals surface area (Å²) < 4.78 is 22.8. The van der Waals surface area contributed by atoms with Gasteiger partial charge in [-0.1, -0.05) is 266 Å². The van der Waals surface area contributed by atoms with E-state index in [4.69, 9.17) is 18.9 Å². The predicted molar refractivity (Wildman–Crippen MR) is 334 cm³/mol. The van der Waals surface area contributed by atoms with Crippen molar-refractivity contribution in [2.75, 3.05) is 47.5 Å². The summed E-state index contributed by atoms with van der Waals surface area (Å²) in [5.74, 6) is -2.28. The normalized spacial score (nSPS) is 13.3. The van der Waals surface area contributed by atoms with Gasteiger partial charge in [0.1, 0.15) is 13.2 Å². The van der Waals surface area contributed by atoms with Crippen molar-refractivity contribution < 1.29 is 42.9 Å². The van der Waals surface area contributed by atoms with E-state index in [0.717, 1.165) is 77.0 Å². The van der Waals surface area contributed by atoms with Gasteiger partial charge >= 0.3 is 11.9 Å². The van der Waals surface area contributed by atoms with Crippen molar-refractivity contribution in [3.63, 3.8) is 0 Å². The van der Waals surface area contributed by atoms with Crippen LogP contribution >= 0.6 is 0 Å². The molecule has 0 heterocycles. The monoisotopic (exact) mass is 1110 g/mol. The van der Waals surface area contributed by atoms with Crippen molar-refractivity contribution in [3.8, 4) is 0 Å². The molecule has 0 spiro atoms. The molecule has 0 aromatic carbocycles. The van der Waals surface area contributed by atoms with Crippen molar-refractivity contribution in [1.82, 2.24) is 0 Å². The first-order chi connectivity index (χ1) is 38.6. The molecule has 0 bridgehead atoms. The first-order valence-electron chi connectivity index (χ1n) is 32.7. The summed E-state index contributed by atoms with van der Waals surface area (Å²) in [4.78, 5) is 37.4. The lowest BCUT2D eigenvalue weighted by Gasteiger charge is -2.26. The van der Waals surface area contributed by atoms with E-state index in [1.807, 2.05) is 21.1 Å². The molecule has 0 aliphatic heterocycles. The summed E-state index contributed by atoms with van der Waals surface area (Å²) in [6.45, 7) is 4.66. The molecule has 0 rings (SSSR count). The van der Waals surface area contributed by atoms with Crippen LogP contribution < -0.4 is 5.11 Å². The second-order valence-corrected chi connectivity index (χ2v) is 23.0. The number of ether oxygens (including phenoxy) is 4. The largest absolute Gasteiger partial charge is 0.545 e. The van der Waals surface area contributed by atoms with Crippen molar-refractivity contribution in [2.45, 2.75) is 296 Å². The van der Waals surface area contributed by atoms with Crippen LogP contribution in [0, 0.1) is 0 Å². The molecule has 2 atom stereocenters. The minimum atomic E-state index is -1.62. The summed E-state index contributed by atoms with van der Waals surface area (Å²) >= 11 is 0. The van der Waals surface area contributed by atoms with Crippen LogP contribution in [0.4, 0.5) is 0 Å². The Morgan fingerprint density at radius 2 is 0.722 bits per heavy atom. The minimum absolute atomic E-state index is 0.145. The van der Waals surface area contributed by atoms with E-state index in [-0.39, 0.29) is 38.6 Å². The standard InChI is InChI=1S/C70H123NO8/c1-6-8-10-12-14-16-18-20-22-24-26-28-29-30-31-32-33-34-35-36-37-38-39-41-43-45-47-49-51-53-55-57-59-61-68(73)79-66(65-78-70(69(74)75)76-63-62-71(3,4)5)64-77-67(72)60-58-56-54-52-50-48-46-44-42-40-27-25-23-21-19-17-15-13-11-9-7-2/h8,10,14,16,20,22,25-28,30-31,33-34,66,70H,6-7,9,11-13,15,17-19,21,23-24,29,32,35-65H2,1-5H3/b10-8-,16-14-,22-20-,27-25-,28-26-,31-30-,34-33-. The van der Waals surface area contributed by atoms with Crippen LogP contribution in [0.3, 0.4) is 0 Å². The molecule has 0 saturated carbocycles. The van der Waals surface area contributed by atoms with Crippen molar-refractivity contribution in [2.24, 2.45) is 0 Å². The highest BCUT2D eigenvalue weighted by molar-refractivity contribution is 5.70. The van der Waals surface area contributed by atoms with Crippen LogP contribution in [-0.2, 0) is 33.3 Å². The second kappa shape index (κ2) is 60.6. The van der Waals surface area contributed by atoms with E-state index in [1.165, 1.54) is 173 Å². The van der Waals surface area contributed by atoms with Gasteiger partial charge in [-0.2, -0.15) is 0 Å². The summed E-state index contributed by atoms with van der Waals surface area (Å²) in [6, 6.07) is 0. The Balaban J connectivity index is 4.15. The first-order valence-corrected chi connectivity index (χ1v) is 32.7. The summed E-state index contributed by atoms with van der Waals surface area (Å²) in [7, 11) is 5.93. The van der Waals surface area contributed by atoms with E-state index in [2.05, 4.69) is 98.9 Å². The Kier molecular flexibility index (Phi) is 57.9. The lowest BCUT2D eigenvalue weighted by molar-refractivity contribution is -0.870. The fourth-order valence-electron chi connectivity index (χ4n) is 9.12. The summed E-state index contributed by atoms with van der Waals surface area (Å²) in [5.41, 5.74) is 0. The van der Waals surface area contributed by atoms with E-state index in [9.17, 15) is 19.5 Å². The van der Waals surface area contributed by atoms with Gasteiger partial charge in [-0.3, -0.25) is 9.59 Å². The molecule has 0 amide bonds. The van der Waals surface area contributed by atoms with Crippen LogP contribution in [0.15, 0.2) is 85.1 Å². The molecule has 0 saturated heterocycles. The first kappa shape index (κ1) is 75.5. The lowest BCUT2D eigenvalue weighted by Crippen LogP contribution is -2.44. The van der Waals surface area contributed by atoms with Gasteiger partial charge in [-0.05, 0) is 89.9 Å². The fourth-order valence-corrected chi connectivity index (χ4v) is 9.12. The third-order valence-electron chi connectivity index (χ3n) is 14.1. The van der Waals surface area contributed by atoms with Crippen LogP contribution in [0.25, 0.3) is 0 Å². The van der Waals surface area contributed by atoms with Crippen molar-refractivity contribution >= 4 is 17.9 Å². The lowest BCUT2D eigenvalue weighted by atomic mass is 10.0. The number of esters is 2. The number of allylic oxidation sites excluding steroid dienone is 14. The van der Waals surface area contributed by atoms with Crippen LogP contribution in [0.5, 0.6) is 0 Å². The van der Waals surface area contributed by atoms with Crippen LogP contribution in [0.2, 0.25) is 0 Å². The molecule has 0 aromatic heterocycles. The van der Waals surface area contributed by atoms with Gasteiger partial charge in [-0.15, -0.1) is 0 Å². The van der Waals surface area contributed by atoms with Gasteiger partial charge in [0.15, 0.2) is 12.4 Å². The second-order valence-electron chi connectivity index (χ2n) is 23.0. The molecule has 0 radical (unpaired) electrons. The number of carbonyl (C=O) groups is 3. The number of rotatable bonds is 60. The molecule has 0 fully saturated rings.